The number of sulfonamides is 1. The Balaban J connectivity index is 2.08. The first-order chi connectivity index (χ1) is 9.80. The van der Waals surface area contributed by atoms with Crippen LogP contribution in [0, 0.1) is 0 Å². The number of carbonyl (C=O) groups is 1. The van der Waals surface area contributed by atoms with Crippen molar-refractivity contribution in [3.05, 3.63) is 17.0 Å². The topological polar surface area (TPSA) is 77.9 Å². The van der Waals surface area contributed by atoms with Gasteiger partial charge in [-0.05, 0) is 39.1 Å². The Bertz CT molecular complexity index is 601. The molecule has 0 bridgehead atoms. The summed E-state index contributed by atoms with van der Waals surface area (Å²) in [6.07, 6.45) is 1.50. The number of aliphatic carboxylic acids is 1. The molecular weight excluding hydrogens is 312 g/mol. The fourth-order valence-electron chi connectivity index (χ4n) is 2.47. The van der Waals surface area contributed by atoms with Gasteiger partial charge in [0.1, 0.15) is 4.21 Å². The molecule has 1 aromatic rings. The van der Waals surface area contributed by atoms with E-state index in [1.807, 2.05) is 14.1 Å². The Kier molecular flexibility index (Phi) is 5.03. The molecule has 0 aromatic carbocycles. The third-order valence-electron chi connectivity index (χ3n) is 3.71. The van der Waals surface area contributed by atoms with E-state index in [9.17, 15) is 13.2 Å². The average Bonchev–Trinajstić information content (AvgIpc) is 2.87. The molecule has 0 aliphatic carbocycles. The standard InChI is InChI=1S/C13H20N2O4S2/c1-14(2)10-5-7-15(8-6-10)21(18,19)13-4-3-11(20-13)9-12(16)17/h3-4,10H,5-9H2,1-2H3,(H,16,17). The van der Waals surface area contributed by atoms with Gasteiger partial charge in [0.25, 0.3) is 10.0 Å². The molecule has 118 valence electrons. The third-order valence-corrected chi connectivity index (χ3v) is 7.16. The number of hydrogen-bond acceptors (Lipinski definition) is 5. The molecule has 0 amide bonds. The lowest BCUT2D eigenvalue weighted by atomic mass is 10.1. The Morgan fingerprint density at radius 2 is 2.00 bits per heavy atom. The molecule has 1 fully saturated rings. The second-order valence-electron chi connectivity index (χ2n) is 5.39. The maximum Gasteiger partial charge on any atom is 0.308 e. The number of rotatable bonds is 5. The van der Waals surface area contributed by atoms with Gasteiger partial charge in [-0.15, -0.1) is 11.3 Å². The zero-order chi connectivity index (χ0) is 15.6. The molecule has 0 saturated carbocycles. The summed E-state index contributed by atoms with van der Waals surface area (Å²) in [7, 11) is 0.527. The molecule has 0 radical (unpaired) electrons. The predicted octanol–water partition coefficient (Wildman–Crippen LogP) is 1.09. The van der Waals surface area contributed by atoms with Gasteiger partial charge in [-0.1, -0.05) is 0 Å². The normalized spacial score (nSPS) is 18.2. The lowest BCUT2D eigenvalue weighted by molar-refractivity contribution is -0.136. The summed E-state index contributed by atoms with van der Waals surface area (Å²) in [5.41, 5.74) is 0. The van der Waals surface area contributed by atoms with Crippen molar-refractivity contribution in [3.8, 4) is 0 Å². The summed E-state index contributed by atoms with van der Waals surface area (Å²) in [5, 5.41) is 8.75. The van der Waals surface area contributed by atoms with Crippen LogP contribution in [0.4, 0.5) is 0 Å². The zero-order valence-electron chi connectivity index (χ0n) is 12.2. The summed E-state index contributed by atoms with van der Waals surface area (Å²) in [4.78, 5) is 13.4. The number of thiophene rings is 1. The zero-order valence-corrected chi connectivity index (χ0v) is 13.8. The van der Waals surface area contributed by atoms with E-state index in [2.05, 4.69) is 4.90 Å². The minimum Gasteiger partial charge on any atom is -0.481 e. The quantitative estimate of drug-likeness (QED) is 0.873. The smallest absolute Gasteiger partial charge is 0.308 e. The van der Waals surface area contributed by atoms with Crippen molar-refractivity contribution >= 4 is 27.3 Å². The second-order valence-corrected chi connectivity index (χ2v) is 8.72. The van der Waals surface area contributed by atoms with Crippen LogP contribution in [0.15, 0.2) is 16.3 Å². The van der Waals surface area contributed by atoms with Crippen LogP contribution in [-0.4, -0.2) is 61.9 Å². The summed E-state index contributed by atoms with van der Waals surface area (Å²) in [6.45, 7) is 1.02. The van der Waals surface area contributed by atoms with Gasteiger partial charge in [0, 0.05) is 24.0 Å². The van der Waals surface area contributed by atoms with Crippen LogP contribution < -0.4 is 0 Å². The van der Waals surface area contributed by atoms with Gasteiger partial charge in [0.15, 0.2) is 0 Å². The molecule has 0 unspecified atom stereocenters. The summed E-state index contributed by atoms with van der Waals surface area (Å²) < 4.78 is 26.8. The van der Waals surface area contributed by atoms with E-state index in [1.54, 1.807) is 6.07 Å². The van der Waals surface area contributed by atoms with Crippen molar-refractivity contribution in [1.29, 1.82) is 0 Å². The molecule has 1 N–H and O–H groups in total. The highest BCUT2D eigenvalue weighted by Crippen LogP contribution is 2.28. The maximum atomic E-state index is 12.5. The molecule has 1 aromatic heterocycles. The van der Waals surface area contributed by atoms with E-state index in [-0.39, 0.29) is 10.6 Å². The number of hydrogen-bond donors (Lipinski definition) is 1. The van der Waals surface area contributed by atoms with Crippen molar-refractivity contribution in [3.63, 3.8) is 0 Å². The van der Waals surface area contributed by atoms with E-state index in [4.69, 9.17) is 5.11 Å². The van der Waals surface area contributed by atoms with Crippen molar-refractivity contribution in [2.75, 3.05) is 27.2 Å². The highest BCUT2D eigenvalue weighted by molar-refractivity contribution is 7.91. The van der Waals surface area contributed by atoms with E-state index in [1.165, 1.54) is 10.4 Å². The van der Waals surface area contributed by atoms with E-state index in [0.29, 0.717) is 24.0 Å². The first-order valence-corrected chi connectivity index (χ1v) is 9.03. The minimum atomic E-state index is -3.49. The van der Waals surface area contributed by atoms with Crippen LogP contribution in [0.25, 0.3) is 0 Å². The van der Waals surface area contributed by atoms with Gasteiger partial charge >= 0.3 is 5.97 Å². The maximum absolute atomic E-state index is 12.5. The Morgan fingerprint density at radius 1 is 1.38 bits per heavy atom. The van der Waals surface area contributed by atoms with Gasteiger partial charge in [-0.2, -0.15) is 4.31 Å². The van der Waals surface area contributed by atoms with Crippen molar-refractivity contribution in [1.82, 2.24) is 9.21 Å². The Labute approximate surface area is 129 Å². The highest BCUT2D eigenvalue weighted by Gasteiger charge is 2.31. The molecule has 8 heteroatoms. The predicted molar refractivity (Wildman–Crippen MR) is 81.1 cm³/mol. The van der Waals surface area contributed by atoms with Gasteiger partial charge in [0.2, 0.25) is 0 Å². The lowest BCUT2D eigenvalue weighted by Crippen LogP contribution is -2.44. The van der Waals surface area contributed by atoms with Crippen LogP contribution in [0.3, 0.4) is 0 Å². The highest BCUT2D eigenvalue weighted by atomic mass is 32.2. The van der Waals surface area contributed by atoms with Crippen molar-refractivity contribution in [2.24, 2.45) is 0 Å². The number of nitrogens with zero attached hydrogens (tertiary/aromatic N) is 2. The van der Waals surface area contributed by atoms with Crippen LogP contribution in [0.2, 0.25) is 0 Å². The molecule has 1 saturated heterocycles. The van der Waals surface area contributed by atoms with E-state index in [0.717, 1.165) is 24.2 Å². The summed E-state index contributed by atoms with van der Waals surface area (Å²) >= 11 is 1.05. The molecule has 2 heterocycles. The minimum absolute atomic E-state index is 0.136. The number of carboxylic acids is 1. The molecule has 1 aliphatic rings. The van der Waals surface area contributed by atoms with Gasteiger partial charge in [-0.25, -0.2) is 8.42 Å². The number of carboxylic acid groups (broad SMARTS) is 1. The molecule has 2 rings (SSSR count). The fraction of sp³-hybridized carbons (Fsp3) is 0.615. The fourth-order valence-corrected chi connectivity index (χ4v) is 5.44. The van der Waals surface area contributed by atoms with Crippen molar-refractivity contribution in [2.45, 2.75) is 29.5 Å². The van der Waals surface area contributed by atoms with Crippen LogP contribution in [-0.2, 0) is 21.2 Å². The Hall–Kier alpha value is -0.960. The first kappa shape index (κ1) is 16.4. The third kappa shape index (κ3) is 3.82. The molecule has 0 spiro atoms. The molecule has 21 heavy (non-hydrogen) atoms. The average molecular weight is 332 g/mol. The van der Waals surface area contributed by atoms with Crippen molar-refractivity contribution < 1.29 is 18.3 Å². The van der Waals surface area contributed by atoms with Gasteiger partial charge in [-0.3, -0.25) is 4.79 Å². The number of piperidine rings is 1. The summed E-state index contributed by atoms with van der Waals surface area (Å²) in [6, 6.07) is 3.51. The molecule has 6 nitrogen and oxygen atoms in total. The first-order valence-electron chi connectivity index (χ1n) is 6.78. The van der Waals surface area contributed by atoms with Crippen LogP contribution in [0.1, 0.15) is 17.7 Å². The molecular formula is C13H20N2O4S2. The second kappa shape index (κ2) is 6.43. The monoisotopic (exact) mass is 332 g/mol. The van der Waals surface area contributed by atoms with Gasteiger partial charge < -0.3 is 10.0 Å². The van der Waals surface area contributed by atoms with Crippen LogP contribution >= 0.6 is 11.3 Å². The summed E-state index contributed by atoms with van der Waals surface area (Å²) in [5.74, 6) is -0.951. The van der Waals surface area contributed by atoms with Crippen LogP contribution in [0.5, 0.6) is 0 Å². The van der Waals surface area contributed by atoms with E-state index < -0.39 is 16.0 Å². The molecule has 0 atom stereocenters. The largest absolute Gasteiger partial charge is 0.481 e. The Morgan fingerprint density at radius 3 is 2.52 bits per heavy atom. The SMILES string of the molecule is CN(C)C1CCN(S(=O)(=O)c2ccc(CC(=O)O)s2)CC1. The van der Waals surface area contributed by atoms with Gasteiger partial charge in [0.05, 0.1) is 6.42 Å². The molecule has 1 aliphatic heterocycles. The lowest BCUT2D eigenvalue weighted by Gasteiger charge is -2.34. The van der Waals surface area contributed by atoms with E-state index >= 15 is 0 Å².